The first-order valence-corrected chi connectivity index (χ1v) is 6.99. The Bertz CT molecular complexity index is 314. The fraction of sp³-hybridized carbons (Fsp3) is 0.933. The molecule has 98 valence electrons. The molecule has 2 fully saturated rings. The number of carbonyl (C=O) groups is 1. The van der Waals surface area contributed by atoms with Crippen molar-refractivity contribution in [3.8, 4) is 0 Å². The maximum Gasteiger partial charge on any atom is 0.154 e. The normalized spacial score (nSPS) is 31.0. The van der Waals surface area contributed by atoms with E-state index in [4.69, 9.17) is 0 Å². The predicted octanol–water partition coefficient (Wildman–Crippen LogP) is 3.26. The molecule has 0 N–H and O–H groups in total. The molecule has 0 amide bonds. The second kappa shape index (κ2) is 3.81. The summed E-state index contributed by atoms with van der Waals surface area (Å²) in [4.78, 5) is 14.9. The van der Waals surface area contributed by atoms with E-state index in [9.17, 15) is 4.79 Å². The average molecular weight is 237 g/mol. The molecule has 1 aliphatic heterocycles. The molecular weight excluding hydrogens is 210 g/mol. The Morgan fingerprint density at radius 2 is 1.59 bits per heavy atom. The zero-order chi connectivity index (χ0) is 12.9. The number of hydrogen-bond acceptors (Lipinski definition) is 2. The van der Waals surface area contributed by atoms with Crippen LogP contribution in [0.3, 0.4) is 0 Å². The standard InChI is InChI=1S/C15H27NO/c1-6-16-8-7-12(17)15(16)10-13(2,3)9-14(4,5)11-15/h6-11H2,1-5H3. The molecule has 0 atom stereocenters. The number of rotatable bonds is 1. The largest absolute Gasteiger partial charge is 0.298 e. The predicted molar refractivity (Wildman–Crippen MR) is 71.0 cm³/mol. The van der Waals surface area contributed by atoms with Gasteiger partial charge in [0, 0.05) is 13.0 Å². The number of nitrogens with zero attached hydrogens (tertiary/aromatic N) is 1. The third-order valence-corrected chi connectivity index (χ3v) is 4.61. The van der Waals surface area contributed by atoms with Crippen LogP contribution < -0.4 is 0 Å². The first-order chi connectivity index (χ1) is 7.71. The summed E-state index contributed by atoms with van der Waals surface area (Å²) in [6.07, 6.45) is 4.10. The highest BCUT2D eigenvalue weighted by molar-refractivity contribution is 5.91. The third kappa shape index (κ3) is 2.16. The van der Waals surface area contributed by atoms with E-state index in [2.05, 4.69) is 39.5 Å². The lowest BCUT2D eigenvalue weighted by atomic mass is 9.57. The van der Waals surface area contributed by atoms with E-state index in [1.165, 1.54) is 6.42 Å². The van der Waals surface area contributed by atoms with Crippen molar-refractivity contribution >= 4 is 5.78 Å². The van der Waals surface area contributed by atoms with Crippen LogP contribution in [0.2, 0.25) is 0 Å². The van der Waals surface area contributed by atoms with Crippen LogP contribution in [0, 0.1) is 10.8 Å². The quantitative estimate of drug-likeness (QED) is 0.697. The molecule has 0 unspecified atom stereocenters. The lowest BCUT2D eigenvalue weighted by molar-refractivity contribution is -0.133. The van der Waals surface area contributed by atoms with Gasteiger partial charge in [0.1, 0.15) is 0 Å². The SMILES string of the molecule is CCN1CCC(=O)C12CC(C)(C)CC(C)(C)C2. The molecule has 0 bridgehead atoms. The van der Waals surface area contributed by atoms with Crippen LogP contribution in [0.5, 0.6) is 0 Å². The van der Waals surface area contributed by atoms with Gasteiger partial charge in [0.15, 0.2) is 5.78 Å². The summed E-state index contributed by atoms with van der Waals surface area (Å²) in [6.45, 7) is 13.5. The molecule has 2 heteroatoms. The van der Waals surface area contributed by atoms with Gasteiger partial charge in [-0.1, -0.05) is 34.6 Å². The average Bonchev–Trinajstić information content (AvgIpc) is 2.38. The van der Waals surface area contributed by atoms with E-state index in [0.29, 0.717) is 5.78 Å². The van der Waals surface area contributed by atoms with Gasteiger partial charge in [-0.3, -0.25) is 9.69 Å². The van der Waals surface area contributed by atoms with Crippen molar-refractivity contribution in [3.63, 3.8) is 0 Å². The Balaban J connectivity index is 2.38. The van der Waals surface area contributed by atoms with Gasteiger partial charge in [-0.05, 0) is 36.6 Å². The number of likely N-dealkylation sites (N-methyl/N-ethyl adjacent to an activating group) is 1. The third-order valence-electron chi connectivity index (χ3n) is 4.61. The molecule has 1 spiro atoms. The summed E-state index contributed by atoms with van der Waals surface area (Å²) in [5.74, 6) is 0.500. The van der Waals surface area contributed by atoms with E-state index in [1.807, 2.05) is 0 Å². The Labute approximate surface area is 106 Å². The van der Waals surface area contributed by atoms with Gasteiger partial charge in [0.25, 0.3) is 0 Å². The van der Waals surface area contributed by atoms with E-state index >= 15 is 0 Å². The molecule has 2 aliphatic rings. The van der Waals surface area contributed by atoms with Crippen LogP contribution in [0.15, 0.2) is 0 Å². The summed E-state index contributed by atoms with van der Waals surface area (Å²) < 4.78 is 0. The molecule has 0 aromatic rings. The van der Waals surface area contributed by atoms with Crippen molar-refractivity contribution in [1.82, 2.24) is 4.90 Å². The van der Waals surface area contributed by atoms with Crippen LogP contribution in [0.4, 0.5) is 0 Å². The fourth-order valence-electron chi connectivity index (χ4n) is 4.81. The summed E-state index contributed by atoms with van der Waals surface area (Å²) >= 11 is 0. The van der Waals surface area contributed by atoms with Crippen molar-refractivity contribution in [2.24, 2.45) is 10.8 Å². The smallest absolute Gasteiger partial charge is 0.154 e. The van der Waals surface area contributed by atoms with E-state index in [-0.39, 0.29) is 16.4 Å². The van der Waals surface area contributed by atoms with Crippen molar-refractivity contribution in [2.75, 3.05) is 13.1 Å². The summed E-state index contributed by atoms with van der Waals surface area (Å²) in [7, 11) is 0. The fourth-order valence-corrected chi connectivity index (χ4v) is 4.81. The second-order valence-corrected chi connectivity index (χ2v) is 7.64. The summed E-state index contributed by atoms with van der Waals surface area (Å²) in [6, 6.07) is 0. The monoisotopic (exact) mass is 237 g/mol. The lowest BCUT2D eigenvalue weighted by Crippen LogP contribution is -2.57. The number of hydrogen-bond donors (Lipinski definition) is 0. The minimum atomic E-state index is -0.139. The maximum absolute atomic E-state index is 12.5. The van der Waals surface area contributed by atoms with Crippen LogP contribution in [-0.2, 0) is 4.79 Å². The van der Waals surface area contributed by atoms with Crippen molar-refractivity contribution in [1.29, 1.82) is 0 Å². The molecule has 17 heavy (non-hydrogen) atoms. The molecule has 0 radical (unpaired) electrons. The van der Waals surface area contributed by atoms with Crippen LogP contribution in [0.1, 0.15) is 60.3 Å². The van der Waals surface area contributed by atoms with Crippen LogP contribution in [-0.4, -0.2) is 29.3 Å². The number of likely N-dealkylation sites (tertiary alicyclic amines) is 1. The van der Waals surface area contributed by atoms with Crippen LogP contribution in [0.25, 0.3) is 0 Å². The van der Waals surface area contributed by atoms with Crippen LogP contribution >= 0.6 is 0 Å². The van der Waals surface area contributed by atoms with E-state index in [1.54, 1.807) is 0 Å². The molecular formula is C15H27NO. The highest BCUT2D eigenvalue weighted by atomic mass is 16.1. The van der Waals surface area contributed by atoms with Gasteiger partial charge in [-0.25, -0.2) is 0 Å². The summed E-state index contributed by atoms with van der Waals surface area (Å²) in [5.41, 5.74) is 0.435. The molecule has 2 nitrogen and oxygen atoms in total. The lowest BCUT2D eigenvalue weighted by Gasteiger charge is -2.53. The minimum absolute atomic E-state index is 0.139. The first-order valence-electron chi connectivity index (χ1n) is 6.99. The number of ketones is 1. The Morgan fingerprint density at radius 3 is 2.06 bits per heavy atom. The molecule has 1 aliphatic carbocycles. The van der Waals surface area contributed by atoms with Crippen molar-refractivity contribution < 1.29 is 4.79 Å². The second-order valence-electron chi connectivity index (χ2n) is 7.64. The zero-order valence-corrected chi connectivity index (χ0v) is 12.1. The van der Waals surface area contributed by atoms with Gasteiger partial charge in [0.2, 0.25) is 0 Å². The molecule has 0 aromatic carbocycles. The highest BCUT2D eigenvalue weighted by Crippen LogP contribution is 2.54. The Morgan fingerprint density at radius 1 is 1.06 bits per heavy atom. The van der Waals surface area contributed by atoms with Crippen molar-refractivity contribution in [3.05, 3.63) is 0 Å². The molecule has 2 rings (SSSR count). The van der Waals surface area contributed by atoms with Gasteiger partial charge < -0.3 is 0 Å². The summed E-state index contributed by atoms with van der Waals surface area (Å²) in [5, 5.41) is 0. The number of carbonyl (C=O) groups excluding carboxylic acids is 1. The molecule has 0 aromatic heterocycles. The van der Waals surface area contributed by atoms with Gasteiger partial charge in [0.05, 0.1) is 5.54 Å². The topological polar surface area (TPSA) is 20.3 Å². The Kier molecular flexibility index (Phi) is 2.93. The van der Waals surface area contributed by atoms with Gasteiger partial charge in [-0.2, -0.15) is 0 Å². The molecule has 1 saturated carbocycles. The molecule has 1 saturated heterocycles. The van der Waals surface area contributed by atoms with Gasteiger partial charge >= 0.3 is 0 Å². The Hall–Kier alpha value is -0.370. The number of Topliss-reactive ketones (excluding diaryl/α,β-unsaturated/α-hetero) is 1. The maximum atomic E-state index is 12.5. The van der Waals surface area contributed by atoms with E-state index < -0.39 is 0 Å². The van der Waals surface area contributed by atoms with Gasteiger partial charge in [-0.15, -0.1) is 0 Å². The minimum Gasteiger partial charge on any atom is -0.298 e. The zero-order valence-electron chi connectivity index (χ0n) is 12.1. The highest BCUT2D eigenvalue weighted by Gasteiger charge is 2.56. The van der Waals surface area contributed by atoms with E-state index in [0.717, 1.165) is 32.4 Å². The molecule has 1 heterocycles. The van der Waals surface area contributed by atoms with Crippen molar-refractivity contribution in [2.45, 2.75) is 65.8 Å². The first kappa shape index (κ1) is 13.1.